The first kappa shape index (κ1) is 16.9. The fourth-order valence-electron chi connectivity index (χ4n) is 1.81. The summed E-state index contributed by atoms with van der Waals surface area (Å²) in [6.45, 7) is 6.87. The van der Waals surface area contributed by atoms with E-state index in [1.165, 1.54) is 0 Å². The van der Waals surface area contributed by atoms with Crippen LogP contribution in [0.4, 0.5) is 0 Å². The van der Waals surface area contributed by atoms with Crippen LogP contribution in [-0.2, 0) is 37.4 Å². The topological polar surface area (TPSA) is 90.2 Å². The fourth-order valence-corrected chi connectivity index (χ4v) is 1.81. The molecular weight excluding hydrogens is 289 g/mol. The molecule has 1 aliphatic rings. The Hall–Kier alpha value is 0.904. The van der Waals surface area contributed by atoms with E-state index >= 15 is 0 Å². The van der Waals surface area contributed by atoms with Crippen LogP contribution in [0, 0.1) is 13.8 Å². The zero-order chi connectivity index (χ0) is 11.6. The van der Waals surface area contributed by atoms with Crippen molar-refractivity contribution in [2.45, 2.75) is 42.9 Å². The number of rotatable bonds is 3. The van der Waals surface area contributed by atoms with Gasteiger partial charge in [-0.1, -0.05) is 6.42 Å². The third kappa shape index (κ3) is 3.22. The van der Waals surface area contributed by atoms with E-state index < -0.39 is 36.6 Å². The van der Waals surface area contributed by atoms with Crippen molar-refractivity contribution in [3.8, 4) is 0 Å². The van der Waals surface area contributed by atoms with Gasteiger partial charge in [0.25, 0.3) is 0 Å². The van der Waals surface area contributed by atoms with E-state index in [4.69, 9.17) is 9.84 Å². The Bertz CT molecular complexity index is 213. The fraction of sp³-hybridized carbons (Fsp3) is 0.800. The number of aliphatic hydroxyl groups excluding tert-OH is 4. The molecule has 0 amide bonds. The van der Waals surface area contributed by atoms with Crippen molar-refractivity contribution in [2.75, 3.05) is 6.61 Å². The third-order valence-electron chi connectivity index (χ3n) is 2.76. The molecule has 16 heavy (non-hydrogen) atoms. The molecule has 93 valence electrons. The molecule has 0 saturated carbocycles. The normalized spacial score (nSPS) is 43.9. The predicted molar refractivity (Wildman–Crippen MR) is 52.7 cm³/mol. The van der Waals surface area contributed by atoms with E-state index in [0.29, 0.717) is 12.8 Å². The Morgan fingerprint density at radius 2 is 1.75 bits per heavy atom. The third-order valence-corrected chi connectivity index (χ3v) is 2.76. The Morgan fingerprint density at radius 3 is 2.19 bits per heavy atom. The molecule has 0 aromatic rings. The van der Waals surface area contributed by atoms with Crippen LogP contribution >= 0.6 is 0 Å². The number of hydrogen-bond donors (Lipinski definition) is 4. The maximum atomic E-state index is 9.70. The summed E-state index contributed by atoms with van der Waals surface area (Å²) in [4.78, 5) is 0. The van der Waals surface area contributed by atoms with Gasteiger partial charge in [-0.25, -0.2) is 0 Å². The van der Waals surface area contributed by atoms with Crippen LogP contribution < -0.4 is 0 Å². The predicted octanol–water partition coefficient (Wildman–Crippen LogP) is -1.36. The maximum absolute atomic E-state index is 9.70. The average molecular weight is 307 g/mol. The molecule has 0 unspecified atom stereocenters. The van der Waals surface area contributed by atoms with Gasteiger partial charge in [0.1, 0.15) is 18.3 Å². The molecule has 1 rings (SSSR count). The van der Waals surface area contributed by atoms with Crippen molar-refractivity contribution in [3.63, 3.8) is 0 Å². The van der Waals surface area contributed by atoms with E-state index in [2.05, 4.69) is 13.8 Å². The van der Waals surface area contributed by atoms with Gasteiger partial charge >= 0.3 is 0 Å². The Balaban J connectivity index is 0.00000225. The van der Waals surface area contributed by atoms with Gasteiger partial charge in [-0.3, -0.25) is 0 Å². The van der Waals surface area contributed by atoms with Crippen molar-refractivity contribution in [1.29, 1.82) is 0 Å². The van der Waals surface area contributed by atoms with Crippen LogP contribution in [0.25, 0.3) is 0 Å². The second-order valence-corrected chi connectivity index (χ2v) is 3.93. The minimum atomic E-state index is -1.36. The molecular formula is C10H18O5Y-2. The van der Waals surface area contributed by atoms with Gasteiger partial charge in [0.15, 0.2) is 0 Å². The van der Waals surface area contributed by atoms with Gasteiger partial charge in [-0.05, 0) is 5.60 Å². The van der Waals surface area contributed by atoms with Crippen LogP contribution in [0.2, 0.25) is 0 Å². The molecule has 4 N–H and O–H groups in total. The van der Waals surface area contributed by atoms with Crippen LogP contribution in [0.1, 0.15) is 12.8 Å². The minimum Gasteiger partial charge on any atom is -0.396 e. The molecule has 1 aliphatic heterocycles. The number of ether oxygens (including phenoxy) is 1. The second-order valence-electron chi connectivity index (χ2n) is 3.93. The zero-order valence-electron chi connectivity index (χ0n) is 9.12. The van der Waals surface area contributed by atoms with Gasteiger partial charge in [0.2, 0.25) is 0 Å². The Labute approximate surface area is 121 Å². The summed E-state index contributed by atoms with van der Waals surface area (Å²) in [6.07, 6.45) is -4.05. The van der Waals surface area contributed by atoms with Crippen molar-refractivity contribution in [2.24, 2.45) is 0 Å². The van der Waals surface area contributed by atoms with Crippen LogP contribution in [0.15, 0.2) is 0 Å². The van der Waals surface area contributed by atoms with Gasteiger partial charge in [-0.15, -0.1) is 0 Å². The van der Waals surface area contributed by atoms with Gasteiger partial charge in [0, 0.05) is 32.7 Å². The standard InChI is InChI=1S/C10H18O5.Y/c1-3-4-10(2)9(14)8(13)7(12)6(5-11)15-10;/h6-9,11-14H,1-5H2;/q-2;/t6-,7-,8+,9-,10+;/m1./s1. The van der Waals surface area contributed by atoms with Crippen LogP contribution in [0.5, 0.6) is 0 Å². The SMILES string of the molecule is [CH2-]CC[C@]1([CH2-])O[C@H](CO)[C@@H](O)[C@H](O)[C@H]1O.[Y]. The first-order valence-electron chi connectivity index (χ1n) is 4.93. The van der Waals surface area contributed by atoms with Crippen molar-refractivity contribution < 1.29 is 57.9 Å². The molecule has 0 bridgehead atoms. The summed E-state index contributed by atoms with van der Waals surface area (Å²) < 4.78 is 5.30. The van der Waals surface area contributed by atoms with E-state index in [-0.39, 0.29) is 32.7 Å². The number of hydrogen-bond acceptors (Lipinski definition) is 5. The van der Waals surface area contributed by atoms with Crippen LogP contribution in [-0.4, -0.2) is 57.0 Å². The maximum Gasteiger partial charge on any atom is 0.111 e. The summed E-state index contributed by atoms with van der Waals surface area (Å²) >= 11 is 0. The summed E-state index contributed by atoms with van der Waals surface area (Å²) in [5.41, 5.74) is -1.21. The molecule has 0 aliphatic carbocycles. The largest absolute Gasteiger partial charge is 0.396 e. The number of aliphatic hydroxyl groups is 4. The van der Waals surface area contributed by atoms with Gasteiger partial charge in [0.05, 0.1) is 12.7 Å². The first-order chi connectivity index (χ1) is 6.96. The monoisotopic (exact) mass is 307 g/mol. The molecule has 5 nitrogen and oxygen atoms in total. The molecule has 6 heteroatoms. The molecule has 0 spiro atoms. The van der Waals surface area contributed by atoms with E-state index in [9.17, 15) is 15.3 Å². The molecule has 0 aromatic carbocycles. The summed E-state index contributed by atoms with van der Waals surface area (Å²) in [5.74, 6) is 0. The van der Waals surface area contributed by atoms with E-state index in [1.807, 2.05) is 0 Å². The molecule has 1 fully saturated rings. The first-order valence-corrected chi connectivity index (χ1v) is 4.93. The van der Waals surface area contributed by atoms with Gasteiger partial charge < -0.3 is 39.0 Å². The molecule has 1 heterocycles. The minimum absolute atomic E-state index is 0. The second kappa shape index (κ2) is 6.73. The Morgan fingerprint density at radius 1 is 1.19 bits per heavy atom. The summed E-state index contributed by atoms with van der Waals surface area (Å²) in [6, 6.07) is 0. The summed E-state index contributed by atoms with van der Waals surface area (Å²) in [5, 5.41) is 37.7. The molecule has 1 radical (unpaired) electrons. The zero-order valence-corrected chi connectivity index (χ0v) is 12.0. The molecule has 5 atom stereocenters. The quantitative estimate of drug-likeness (QED) is 0.484. The van der Waals surface area contributed by atoms with Crippen molar-refractivity contribution in [3.05, 3.63) is 13.8 Å². The molecule has 1 saturated heterocycles. The van der Waals surface area contributed by atoms with Gasteiger partial charge in [-0.2, -0.15) is 6.42 Å². The average Bonchev–Trinajstić information content (AvgIpc) is 2.21. The van der Waals surface area contributed by atoms with E-state index in [1.54, 1.807) is 0 Å². The Kier molecular flexibility index (Phi) is 7.11. The van der Waals surface area contributed by atoms with Crippen molar-refractivity contribution in [1.82, 2.24) is 0 Å². The molecule has 0 aromatic heterocycles. The van der Waals surface area contributed by atoms with Crippen molar-refractivity contribution >= 4 is 0 Å². The van der Waals surface area contributed by atoms with E-state index in [0.717, 1.165) is 0 Å². The smallest absolute Gasteiger partial charge is 0.111 e. The van der Waals surface area contributed by atoms with Crippen LogP contribution in [0.3, 0.4) is 0 Å². The summed E-state index contributed by atoms with van der Waals surface area (Å²) in [7, 11) is 0.